The lowest BCUT2D eigenvalue weighted by Crippen LogP contribution is -2.57. The number of carbonyl (C=O) groups is 4. The van der Waals surface area contributed by atoms with Crippen LogP contribution in [-0.2, 0) is 52.3 Å². The van der Waals surface area contributed by atoms with Crippen molar-refractivity contribution in [3.8, 4) is 0 Å². The lowest BCUT2D eigenvalue weighted by molar-refractivity contribution is -0.314. The zero-order chi connectivity index (χ0) is 25.6. The van der Waals surface area contributed by atoms with E-state index in [9.17, 15) is 19.2 Å². The van der Waals surface area contributed by atoms with Gasteiger partial charge in [-0.05, 0) is 12.8 Å². The summed E-state index contributed by atoms with van der Waals surface area (Å²) in [5.41, 5.74) is 0. The van der Waals surface area contributed by atoms with Gasteiger partial charge in [0.2, 0.25) is 0 Å². The smallest absolute Gasteiger partial charge is 0.303 e. The molecule has 2 heterocycles. The summed E-state index contributed by atoms with van der Waals surface area (Å²) >= 11 is 0. The highest BCUT2D eigenvalue weighted by Crippen LogP contribution is 2.36. The van der Waals surface area contributed by atoms with Crippen molar-refractivity contribution in [2.75, 3.05) is 13.2 Å². The van der Waals surface area contributed by atoms with Crippen molar-refractivity contribution in [1.29, 1.82) is 0 Å². The van der Waals surface area contributed by atoms with Crippen molar-refractivity contribution >= 4 is 23.9 Å². The molecule has 0 spiro atoms. The quantitative estimate of drug-likeness (QED) is 0.364. The van der Waals surface area contributed by atoms with Crippen LogP contribution in [0.2, 0.25) is 0 Å². The molecule has 0 aromatic rings. The van der Waals surface area contributed by atoms with Crippen molar-refractivity contribution in [3.05, 3.63) is 0 Å². The largest absolute Gasteiger partial charge is 0.463 e. The summed E-state index contributed by atoms with van der Waals surface area (Å²) < 4.78 is 39.5. The summed E-state index contributed by atoms with van der Waals surface area (Å²) in [6.07, 6.45) is -4.46. The first-order chi connectivity index (χ1) is 15.9. The summed E-state index contributed by atoms with van der Waals surface area (Å²) in [4.78, 5) is 46.1. The molecule has 9 atom stereocenters. The molecule has 11 heteroatoms. The van der Waals surface area contributed by atoms with Gasteiger partial charge >= 0.3 is 23.9 Å². The molecule has 0 bridgehead atoms. The zero-order valence-electron chi connectivity index (χ0n) is 20.8. The minimum Gasteiger partial charge on any atom is -0.463 e. The van der Waals surface area contributed by atoms with Gasteiger partial charge in [0.15, 0.2) is 12.4 Å². The maximum absolute atomic E-state index is 11.8. The molecular weight excluding hydrogens is 452 g/mol. The molecule has 11 nitrogen and oxygen atoms in total. The molecule has 0 amide bonds. The van der Waals surface area contributed by atoms with Crippen molar-refractivity contribution in [2.24, 2.45) is 11.8 Å². The lowest BCUT2D eigenvalue weighted by atomic mass is 9.83. The van der Waals surface area contributed by atoms with Crippen LogP contribution in [0.4, 0.5) is 0 Å². The fraction of sp³-hybridized carbons (Fsp3) is 0.826. The Labute approximate surface area is 199 Å². The second-order valence-electron chi connectivity index (χ2n) is 8.88. The van der Waals surface area contributed by atoms with E-state index in [1.807, 2.05) is 13.8 Å². The first-order valence-electron chi connectivity index (χ1n) is 11.5. The Morgan fingerprint density at radius 2 is 1.26 bits per heavy atom. The molecule has 2 saturated heterocycles. The van der Waals surface area contributed by atoms with Crippen LogP contribution >= 0.6 is 0 Å². The van der Waals surface area contributed by atoms with Crippen LogP contribution in [0.1, 0.15) is 54.9 Å². The summed E-state index contributed by atoms with van der Waals surface area (Å²) in [5, 5.41) is 0. The molecule has 2 rings (SSSR count). The van der Waals surface area contributed by atoms with Crippen LogP contribution in [0.15, 0.2) is 0 Å². The maximum atomic E-state index is 11.8. The molecular formula is C23H36O11. The highest BCUT2D eigenvalue weighted by molar-refractivity contribution is 5.67. The number of carbonyl (C=O) groups excluding carboxylic acids is 4. The van der Waals surface area contributed by atoms with E-state index < -0.39 is 66.8 Å². The number of rotatable bonds is 8. The van der Waals surface area contributed by atoms with E-state index in [0.29, 0.717) is 0 Å². The molecule has 2 aliphatic heterocycles. The topological polar surface area (TPSA) is 133 Å². The number of esters is 4. The van der Waals surface area contributed by atoms with Gasteiger partial charge in [0.25, 0.3) is 0 Å². The molecule has 0 radical (unpaired) electrons. The lowest BCUT2D eigenvalue weighted by Gasteiger charge is -2.46. The molecule has 4 unspecified atom stereocenters. The normalized spacial score (nSPS) is 35.7. The average molecular weight is 489 g/mol. The van der Waals surface area contributed by atoms with Gasteiger partial charge in [0.05, 0.1) is 18.3 Å². The van der Waals surface area contributed by atoms with Gasteiger partial charge in [-0.1, -0.05) is 13.8 Å². The molecule has 0 aromatic carbocycles. The van der Waals surface area contributed by atoms with Gasteiger partial charge in [-0.2, -0.15) is 0 Å². The third-order valence-corrected chi connectivity index (χ3v) is 6.13. The van der Waals surface area contributed by atoms with Crippen LogP contribution in [0.5, 0.6) is 0 Å². The highest BCUT2D eigenvalue weighted by Gasteiger charge is 2.48. The average Bonchev–Trinajstić information content (AvgIpc) is 2.72. The van der Waals surface area contributed by atoms with Gasteiger partial charge in [-0.25, -0.2) is 0 Å². The van der Waals surface area contributed by atoms with Crippen LogP contribution < -0.4 is 0 Å². The number of ether oxygens (including phenoxy) is 7. The third kappa shape index (κ3) is 7.92. The molecule has 34 heavy (non-hydrogen) atoms. The minimum atomic E-state index is -1.02. The van der Waals surface area contributed by atoms with Gasteiger partial charge in [0, 0.05) is 40.0 Å². The fourth-order valence-corrected chi connectivity index (χ4v) is 4.16. The Morgan fingerprint density at radius 3 is 1.79 bits per heavy atom. The van der Waals surface area contributed by atoms with Crippen molar-refractivity contribution in [1.82, 2.24) is 0 Å². The maximum Gasteiger partial charge on any atom is 0.303 e. The number of hydrogen-bond donors (Lipinski definition) is 0. The van der Waals surface area contributed by atoms with E-state index >= 15 is 0 Å². The summed E-state index contributed by atoms with van der Waals surface area (Å²) in [6.45, 7) is 10.7. The summed E-state index contributed by atoms with van der Waals surface area (Å²) in [7, 11) is 0. The summed E-state index contributed by atoms with van der Waals surface area (Å²) in [6, 6.07) is 0. The van der Waals surface area contributed by atoms with Crippen LogP contribution in [0.25, 0.3) is 0 Å². The van der Waals surface area contributed by atoms with Crippen LogP contribution in [-0.4, -0.2) is 80.0 Å². The predicted molar refractivity (Wildman–Crippen MR) is 115 cm³/mol. The van der Waals surface area contributed by atoms with Crippen LogP contribution in [0.3, 0.4) is 0 Å². The van der Waals surface area contributed by atoms with Crippen LogP contribution in [0, 0.1) is 11.8 Å². The third-order valence-electron chi connectivity index (χ3n) is 6.13. The Balaban J connectivity index is 2.26. The van der Waals surface area contributed by atoms with E-state index in [1.165, 1.54) is 27.7 Å². The monoisotopic (exact) mass is 488 g/mol. The van der Waals surface area contributed by atoms with Gasteiger partial charge in [0.1, 0.15) is 25.4 Å². The highest BCUT2D eigenvalue weighted by atomic mass is 16.7. The fourth-order valence-electron chi connectivity index (χ4n) is 4.16. The second-order valence-corrected chi connectivity index (χ2v) is 8.88. The SMILES string of the molecule is CC(=O)OCC1O[C@@H](C)C(OC(C)=O)C[C@@H]1O[C@@H]1OC(COC(C)=O)[C@H](C)[C@H](C)C1OC(C)=O. The van der Waals surface area contributed by atoms with Gasteiger partial charge < -0.3 is 33.2 Å². The Hall–Kier alpha value is -2.24. The Kier molecular flexibility index (Phi) is 10.3. The van der Waals surface area contributed by atoms with Crippen molar-refractivity contribution in [3.63, 3.8) is 0 Å². The van der Waals surface area contributed by atoms with E-state index in [0.717, 1.165) is 0 Å². The second kappa shape index (κ2) is 12.5. The van der Waals surface area contributed by atoms with E-state index in [1.54, 1.807) is 6.92 Å². The molecule has 0 N–H and O–H groups in total. The molecule has 194 valence electrons. The predicted octanol–water partition coefficient (Wildman–Crippen LogP) is 1.54. The van der Waals surface area contributed by atoms with Crippen molar-refractivity contribution in [2.45, 2.75) is 97.8 Å². The minimum absolute atomic E-state index is 0.0125. The molecule has 0 saturated carbocycles. The number of hydrogen-bond acceptors (Lipinski definition) is 11. The molecule has 0 aliphatic carbocycles. The first-order valence-corrected chi connectivity index (χ1v) is 11.5. The Morgan fingerprint density at radius 1 is 0.706 bits per heavy atom. The first kappa shape index (κ1) is 28.0. The van der Waals surface area contributed by atoms with E-state index in [2.05, 4.69) is 0 Å². The zero-order valence-corrected chi connectivity index (χ0v) is 20.8. The molecule has 2 aliphatic rings. The molecule has 2 fully saturated rings. The summed E-state index contributed by atoms with van der Waals surface area (Å²) in [5.74, 6) is -2.19. The Bertz CT molecular complexity index is 736. The van der Waals surface area contributed by atoms with Gasteiger partial charge in [-0.3, -0.25) is 19.2 Å². The van der Waals surface area contributed by atoms with Gasteiger partial charge in [-0.15, -0.1) is 0 Å². The molecule has 0 aromatic heterocycles. The van der Waals surface area contributed by atoms with E-state index in [4.69, 9.17) is 33.2 Å². The standard InChI is InChI=1S/C23H36O11/c1-11-12(2)22(32-17(7)27)23(34-20(11)9-28-14(4)24)33-19-8-18(31-16(6)26)13(3)30-21(19)10-29-15(5)25/h11-13,18-23H,8-10H2,1-7H3/t11-,12+,13+,18?,19+,20?,21?,22?,23-/m1/s1. The van der Waals surface area contributed by atoms with E-state index in [-0.39, 0.29) is 31.5 Å². The van der Waals surface area contributed by atoms with Crippen molar-refractivity contribution < 1.29 is 52.3 Å².